The predicted octanol–water partition coefficient (Wildman–Crippen LogP) is 1.08. The van der Waals surface area contributed by atoms with Crippen LogP contribution in [0.1, 0.15) is 39.8 Å². The fraction of sp³-hybridized carbons (Fsp3) is 0.350. The third-order valence-electron chi connectivity index (χ3n) is 5.57. The molecule has 0 bridgehead atoms. The monoisotopic (exact) mass is 451 g/mol. The zero-order chi connectivity index (χ0) is 22.4. The average molecular weight is 451 g/mol. The van der Waals surface area contributed by atoms with E-state index in [4.69, 9.17) is 0 Å². The molecule has 2 aliphatic heterocycles. The molecule has 1 fully saturated rings. The third-order valence-corrected chi connectivity index (χ3v) is 7.19. The highest BCUT2D eigenvalue weighted by molar-refractivity contribution is 7.85. The van der Waals surface area contributed by atoms with Crippen LogP contribution in [-0.2, 0) is 23.9 Å². The summed E-state index contributed by atoms with van der Waals surface area (Å²) in [5, 5.41) is 12.1. The number of nitrogens with one attached hydrogen (secondary N) is 1. The summed E-state index contributed by atoms with van der Waals surface area (Å²) in [5.74, 6) is -3.58. The topological polar surface area (TPSA) is 109 Å². The van der Waals surface area contributed by atoms with E-state index in [1.54, 1.807) is 0 Å². The molecule has 31 heavy (non-hydrogen) atoms. The summed E-state index contributed by atoms with van der Waals surface area (Å²) in [6, 6.07) is 2.66. The Kier molecular flexibility index (Phi) is 5.38. The number of aromatic nitrogens is 1. The molecule has 0 aliphatic carbocycles. The average Bonchev–Trinajstić information content (AvgIpc) is 2.72. The summed E-state index contributed by atoms with van der Waals surface area (Å²) < 4.78 is 40.5. The number of carbonyl (C=O) groups excluding carboxylic acids is 2. The third kappa shape index (κ3) is 3.62. The Balaban J connectivity index is 1.65. The van der Waals surface area contributed by atoms with Gasteiger partial charge in [-0.05, 0) is 19.4 Å². The van der Waals surface area contributed by atoms with Gasteiger partial charge < -0.3 is 19.9 Å². The van der Waals surface area contributed by atoms with Crippen molar-refractivity contribution < 1.29 is 27.7 Å². The maximum atomic E-state index is 13.8. The second kappa shape index (κ2) is 7.88. The molecular weight excluding hydrogens is 432 g/mol. The highest BCUT2D eigenvalue weighted by Gasteiger charge is 2.43. The lowest BCUT2D eigenvalue weighted by Gasteiger charge is -2.43. The van der Waals surface area contributed by atoms with Crippen molar-refractivity contribution in [1.29, 1.82) is 0 Å². The van der Waals surface area contributed by atoms with E-state index in [2.05, 4.69) is 5.32 Å². The molecule has 0 spiro atoms. The molecule has 11 heteroatoms. The van der Waals surface area contributed by atoms with Crippen LogP contribution in [-0.4, -0.2) is 47.8 Å². The molecule has 2 unspecified atom stereocenters. The molecule has 1 saturated heterocycles. The van der Waals surface area contributed by atoms with Crippen LogP contribution in [0.25, 0.3) is 0 Å². The molecule has 0 radical (unpaired) electrons. The Bertz CT molecular complexity index is 1180. The maximum absolute atomic E-state index is 13.8. The normalized spacial score (nSPS) is 22.6. The smallest absolute Gasteiger partial charge is 0.275 e. The van der Waals surface area contributed by atoms with Crippen LogP contribution in [0.3, 0.4) is 0 Å². The van der Waals surface area contributed by atoms with Crippen molar-refractivity contribution in [3.63, 3.8) is 0 Å². The highest BCUT2D eigenvalue weighted by Crippen LogP contribution is 2.30. The molecule has 2 amide bonds. The second-order valence-corrected chi connectivity index (χ2v) is 9.24. The number of hydrogen-bond donors (Lipinski definition) is 2. The molecule has 8 nitrogen and oxygen atoms in total. The van der Waals surface area contributed by atoms with E-state index in [0.29, 0.717) is 18.2 Å². The van der Waals surface area contributed by atoms with Gasteiger partial charge in [0.25, 0.3) is 11.8 Å². The first-order valence-corrected chi connectivity index (χ1v) is 11.0. The molecule has 2 N–H and O–H groups in total. The molecule has 1 aromatic carbocycles. The molecular formula is C20H19F2N3O5S. The van der Waals surface area contributed by atoms with Crippen molar-refractivity contribution >= 4 is 22.6 Å². The number of amides is 2. The lowest BCUT2D eigenvalue weighted by Crippen LogP contribution is -2.58. The fourth-order valence-electron chi connectivity index (χ4n) is 3.88. The second-order valence-electron chi connectivity index (χ2n) is 7.53. The SMILES string of the molecule is C[C@@H]1CCS(=O)C2Cn3cc(C(=O)NCc4ccc(F)cc4F)c(=O)c(O)c3C(=O)N21. The Hall–Kier alpha value is -3.08. The van der Waals surface area contributed by atoms with Gasteiger partial charge in [0.1, 0.15) is 22.6 Å². The molecule has 164 valence electrons. The van der Waals surface area contributed by atoms with Crippen molar-refractivity contribution in [3.05, 3.63) is 63.1 Å². The maximum Gasteiger partial charge on any atom is 0.275 e. The minimum atomic E-state index is -1.32. The lowest BCUT2D eigenvalue weighted by molar-refractivity contribution is 0.0565. The van der Waals surface area contributed by atoms with E-state index in [0.717, 1.165) is 18.3 Å². The number of halogens is 2. The summed E-state index contributed by atoms with van der Waals surface area (Å²) in [6.07, 6.45) is 1.68. The number of rotatable bonds is 3. The van der Waals surface area contributed by atoms with Gasteiger partial charge in [-0.1, -0.05) is 6.07 Å². The van der Waals surface area contributed by atoms with Crippen LogP contribution in [0.15, 0.2) is 29.2 Å². The van der Waals surface area contributed by atoms with E-state index >= 15 is 0 Å². The number of nitrogens with zero attached hydrogens (tertiary/aromatic N) is 2. The molecule has 4 rings (SSSR count). The van der Waals surface area contributed by atoms with Crippen LogP contribution < -0.4 is 10.7 Å². The van der Waals surface area contributed by atoms with Gasteiger partial charge in [0.2, 0.25) is 5.43 Å². The van der Waals surface area contributed by atoms with E-state index < -0.39 is 56.4 Å². The van der Waals surface area contributed by atoms with Gasteiger partial charge in [-0.2, -0.15) is 0 Å². The van der Waals surface area contributed by atoms with E-state index in [-0.39, 0.29) is 30.4 Å². The first-order chi connectivity index (χ1) is 14.7. The van der Waals surface area contributed by atoms with Gasteiger partial charge >= 0.3 is 0 Å². The zero-order valence-corrected chi connectivity index (χ0v) is 17.2. The number of pyridine rings is 1. The van der Waals surface area contributed by atoms with Crippen LogP contribution in [0, 0.1) is 11.6 Å². The number of fused-ring (bicyclic) bond motifs is 2. The van der Waals surface area contributed by atoms with Crippen LogP contribution in [0.4, 0.5) is 8.78 Å². The molecule has 1 aromatic heterocycles. The van der Waals surface area contributed by atoms with E-state index in [1.165, 1.54) is 9.47 Å². The molecule has 3 atom stereocenters. The number of carbonyl (C=O) groups is 2. The van der Waals surface area contributed by atoms with Crippen LogP contribution in [0.5, 0.6) is 5.75 Å². The van der Waals surface area contributed by atoms with Gasteiger partial charge in [0, 0.05) is 47.0 Å². The Morgan fingerprint density at radius 2 is 2.06 bits per heavy atom. The zero-order valence-electron chi connectivity index (χ0n) is 16.4. The highest BCUT2D eigenvalue weighted by atomic mass is 32.2. The minimum Gasteiger partial charge on any atom is -0.503 e. The van der Waals surface area contributed by atoms with Crippen molar-refractivity contribution in [1.82, 2.24) is 14.8 Å². The first-order valence-electron chi connectivity index (χ1n) is 9.57. The lowest BCUT2D eigenvalue weighted by atomic mass is 10.1. The summed E-state index contributed by atoms with van der Waals surface area (Å²) >= 11 is 0. The van der Waals surface area contributed by atoms with Gasteiger partial charge in [-0.25, -0.2) is 8.78 Å². The van der Waals surface area contributed by atoms with Crippen LogP contribution >= 0.6 is 0 Å². The first kappa shape index (κ1) is 21.2. The summed E-state index contributed by atoms with van der Waals surface area (Å²) in [6.45, 7) is 1.55. The standard InChI is InChI=1S/C20H19F2N3O5S/c1-10-4-5-31(30)15-9-24-8-13(17(26)18(27)16(24)20(29)25(10)15)19(28)23-7-11-2-3-12(21)6-14(11)22/h2-3,6,8,10,15,27H,4-5,7,9H2,1H3,(H,23,28)/t10-,15?,31?/m1/s1. The Morgan fingerprint density at radius 1 is 1.32 bits per heavy atom. The number of hydrogen-bond acceptors (Lipinski definition) is 5. The molecule has 0 saturated carbocycles. The summed E-state index contributed by atoms with van der Waals surface area (Å²) in [5.41, 5.74) is -1.73. The summed E-state index contributed by atoms with van der Waals surface area (Å²) in [7, 11) is -1.32. The minimum absolute atomic E-state index is 0.00874. The van der Waals surface area contributed by atoms with Crippen molar-refractivity contribution in [2.75, 3.05) is 5.75 Å². The van der Waals surface area contributed by atoms with Gasteiger partial charge in [-0.3, -0.25) is 18.6 Å². The molecule has 3 heterocycles. The van der Waals surface area contributed by atoms with Gasteiger partial charge in [-0.15, -0.1) is 0 Å². The largest absolute Gasteiger partial charge is 0.503 e. The molecule has 2 aromatic rings. The summed E-state index contributed by atoms with van der Waals surface area (Å²) in [4.78, 5) is 39.5. The fourth-order valence-corrected chi connectivity index (χ4v) is 5.61. The van der Waals surface area contributed by atoms with E-state index in [1.807, 2.05) is 6.92 Å². The van der Waals surface area contributed by atoms with Crippen molar-refractivity contribution in [2.45, 2.75) is 37.8 Å². The number of aromatic hydroxyl groups is 1. The van der Waals surface area contributed by atoms with Crippen molar-refractivity contribution in [2.24, 2.45) is 0 Å². The quantitative estimate of drug-likeness (QED) is 0.726. The number of benzene rings is 1. The van der Waals surface area contributed by atoms with Crippen molar-refractivity contribution in [3.8, 4) is 5.75 Å². The molecule has 2 aliphatic rings. The Labute approximate surface area is 177 Å². The predicted molar refractivity (Wildman–Crippen MR) is 107 cm³/mol. The van der Waals surface area contributed by atoms with Gasteiger partial charge in [0.05, 0.1) is 6.54 Å². The van der Waals surface area contributed by atoms with Gasteiger partial charge in [0.15, 0.2) is 11.4 Å². The Morgan fingerprint density at radius 3 is 2.77 bits per heavy atom. The van der Waals surface area contributed by atoms with E-state index in [9.17, 15) is 32.5 Å². The van der Waals surface area contributed by atoms with Crippen LogP contribution in [0.2, 0.25) is 0 Å².